The van der Waals surface area contributed by atoms with Crippen molar-refractivity contribution in [3.05, 3.63) is 90.0 Å². The highest BCUT2D eigenvalue weighted by Gasteiger charge is 2.22. The zero-order valence-corrected chi connectivity index (χ0v) is 22.3. The first-order valence-corrected chi connectivity index (χ1v) is 14.5. The molecule has 4 rings (SSSR count). The molecular formula is C29H35N3O4S. The van der Waals surface area contributed by atoms with E-state index in [1.807, 2.05) is 49.4 Å². The summed E-state index contributed by atoms with van der Waals surface area (Å²) in [6, 6.07) is 24.5. The minimum absolute atomic E-state index is 0.252. The Labute approximate surface area is 220 Å². The highest BCUT2D eigenvalue weighted by Crippen LogP contribution is 2.24. The van der Waals surface area contributed by atoms with E-state index < -0.39 is 10.0 Å². The summed E-state index contributed by atoms with van der Waals surface area (Å²) < 4.78 is 31.9. The van der Waals surface area contributed by atoms with Crippen molar-refractivity contribution in [3.8, 4) is 5.75 Å². The van der Waals surface area contributed by atoms with Crippen LogP contribution in [0.1, 0.15) is 43.4 Å². The Morgan fingerprint density at radius 1 is 0.946 bits per heavy atom. The number of rotatable bonds is 10. The van der Waals surface area contributed by atoms with Gasteiger partial charge in [0.25, 0.3) is 0 Å². The molecule has 1 aliphatic rings. The third-order valence-corrected chi connectivity index (χ3v) is 7.69. The molecule has 196 valence electrons. The number of benzene rings is 3. The highest BCUT2D eigenvalue weighted by atomic mass is 32.2. The minimum Gasteiger partial charge on any atom is -0.489 e. The lowest BCUT2D eigenvalue weighted by atomic mass is 10.1. The lowest BCUT2D eigenvalue weighted by molar-refractivity contribution is -0.120. The van der Waals surface area contributed by atoms with E-state index in [0.29, 0.717) is 18.0 Å². The summed E-state index contributed by atoms with van der Waals surface area (Å²) in [6.45, 7) is 4.16. The molecule has 0 radical (unpaired) electrons. The monoisotopic (exact) mass is 521 g/mol. The van der Waals surface area contributed by atoms with E-state index in [-0.39, 0.29) is 18.5 Å². The first-order chi connectivity index (χ1) is 17.8. The normalized spacial score (nSPS) is 14.6. The van der Waals surface area contributed by atoms with Gasteiger partial charge in [-0.25, -0.2) is 8.42 Å². The number of piperidine rings is 1. The number of nitrogens with zero attached hydrogens (tertiary/aromatic N) is 2. The van der Waals surface area contributed by atoms with E-state index in [2.05, 4.69) is 22.3 Å². The zero-order chi connectivity index (χ0) is 26.3. The highest BCUT2D eigenvalue weighted by molar-refractivity contribution is 7.92. The van der Waals surface area contributed by atoms with Gasteiger partial charge in [-0.15, -0.1) is 0 Å². The van der Waals surface area contributed by atoms with Crippen molar-refractivity contribution in [2.24, 2.45) is 0 Å². The molecule has 1 amide bonds. The predicted molar refractivity (Wildman–Crippen MR) is 148 cm³/mol. The molecule has 3 aromatic rings. The Bertz CT molecular complexity index is 1260. The van der Waals surface area contributed by atoms with Crippen molar-refractivity contribution < 1.29 is 17.9 Å². The average Bonchev–Trinajstić information content (AvgIpc) is 2.91. The molecule has 0 bridgehead atoms. The maximum atomic E-state index is 12.8. The number of hydrogen-bond donors (Lipinski definition) is 1. The second-order valence-electron chi connectivity index (χ2n) is 9.47. The van der Waals surface area contributed by atoms with Crippen molar-refractivity contribution in [3.63, 3.8) is 0 Å². The SMILES string of the molecule is CC(NC(=O)CN(c1ccc(OCc2ccccc2)cc1)S(C)(=O)=O)c1ccc(N2CCCCC2)cc1. The molecule has 1 saturated heterocycles. The van der Waals surface area contributed by atoms with Gasteiger partial charge in [-0.2, -0.15) is 0 Å². The Kier molecular flexibility index (Phi) is 8.71. The summed E-state index contributed by atoms with van der Waals surface area (Å²) >= 11 is 0. The van der Waals surface area contributed by atoms with Gasteiger partial charge >= 0.3 is 0 Å². The summed E-state index contributed by atoms with van der Waals surface area (Å²) in [5.41, 5.74) is 3.61. The number of hydrogen-bond acceptors (Lipinski definition) is 5. The molecule has 1 fully saturated rings. The maximum absolute atomic E-state index is 12.8. The summed E-state index contributed by atoms with van der Waals surface area (Å²) in [5, 5.41) is 2.93. The topological polar surface area (TPSA) is 79.0 Å². The quantitative estimate of drug-likeness (QED) is 0.411. The van der Waals surface area contributed by atoms with E-state index in [1.54, 1.807) is 24.3 Å². The number of amides is 1. The van der Waals surface area contributed by atoms with Crippen LogP contribution in [0, 0.1) is 0 Å². The van der Waals surface area contributed by atoms with Crippen molar-refractivity contribution in [2.45, 2.75) is 38.8 Å². The molecule has 3 aromatic carbocycles. The second-order valence-corrected chi connectivity index (χ2v) is 11.4. The van der Waals surface area contributed by atoms with Crippen molar-refractivity contribution >= 4 is 27.3 Å². The zero-order valence-electron chi connectivity index (χ0n) is 21.5. The number of anilines is 2. The fourth-order valence-corrected chi connectivity index (χ4v) is 5.33. The van der Waals surface area contributed by atoms with Crippen LogP contribution in [0.25, 0.3) is 0 Å². The third-order valence-electron chi connectivity index (χ3n) is 6.55. The van der Waals surface area contributed by atoms with Gasteiger partial charge in [-0.1, -0.05) is 42.5 Å². The molecule has 0 aromatic heterocycles. The van der Waals surface area contributed by atoms with Gasteiger partial charge in [0.15, 0.2) is 0 Å². The standard InChI is InChI=1S/C29H35N3O4S/c1-23(25-11-13-26(14-12-25)31-19-7-4-8-20-31)30-29(33)21-32(37(2,34)35)27-15-17-28(18-16-27)36-22-24-9-5-3-6-10-24/h3,5-6,9-18,23H,4,7-8,19-22H2,1-2H3,(H,30,33). The first-order valence-electron chi connectivity index (χ1n) is 12.7. The number of ether oxygens (including phenoxy) is 1. The fourth-order valence-electron chi connectivity index (χ4n) is 4.48. The van der Waals surface area contributed by atoms with Crippen LogP contribution in [-0.4, -0.2) is 40.2 Å². The van der Waals surface area contributed by atoms with E-state index in [0.717, 1.165) is 34.8 Å². The van der Waals surface area contributed by atoms with Gasteiger partial charge in [0.1, 0.15) is 18.9 Å². The van der Waals surface area contributed by atoms with Crippen LogP contribution < -0.4 is 19.3 Å². The van der Waals surface area contributed by atoms with Crippen LogP contribution in [0.2, 0.25) is 0 Å². The van der Waals surface area contributed by atoms with Crippen LogP contribution in [0.5, 0.6) is 5.75 Å². The molecule has 1 aliphatic heterocycles. The van der Waals surface area contributed by atoms with E-state index >= 15 is 0 Å². The average molecular weight is 522 g/mol. The number of carbonyl (C=O) groups excluding carboxylic acids is 1. The molecule has 1 N–H and O–H groups in total. The predicted octanol–water partition coefficient (Wildman–Crippen LogP) is 4.90. The van der Waals surface area contributed by atoms with E-state index in [4.69, 9.17) is 4.74 Å². The smallest absolute Gasteiger partial charge is 0.241 e. The minimum atomic E-state index is -3.67. The van der Waals surface area contributed by atoms with Gasteiger partial charge in [0, 0.05) is 18.8 Å². The summed E-state index contributed by atoms with van der Waals surface area (Å²) in [4.78, 5) is 15.2. The van der Waals surface area contributed by atoms with Crippen LogP contribution in [0.15, 0.2) is 78.9 Å². The van der Waals surface area contributed by atoms with E-state index in [1.165, 1.54) is 24.9 Å². The summed E-state index contributed by atoms with van der Waals surface area (Å²) in [6.07, 6.45) is 4.82. The van der Waals surface area contributed by atoms with Gasteiger partial charge in [0.05, 0.1) is 18.0 Å². The molecule has 1 unspecified atom stereocenters. The van der Waals surface area contributed by atoms with Crippen LogP contribution in [0.4, 0.5) is 11.4 Å². The third kappa shape index (κ3) is 7.49. The van der Waals surface area contributed by atoms with Crippen molar-refractivity contribution in [2.75, 3.05) is 35.1 Å². The Morgan fingerprint density at radius 2 is 1.59 bits per heavy atom. The summed E-state index contributed by atoms with van der Waals surface area (Å²) in [5.74, 6) is 0.245. The van der Waals surface area contributed by atoms with Crippen molar-refractivity contribution in [1.29, 1.82) is 0 Å². The molecule has 8 heteroatoms. The van der Waals surface area contributed by atoms with Gasteiger partial charge < -0.3 is 15.0 Å². The Balaban J connectivity index is 1.36. The number of sulfonamides is 1. The van der Waals surface area contributed by atoms with Gasteiger partial charge in [0.2, 0.25) is 15.9 Å². The lowest BCUT2D eigenvalue weighted by Crippen LogP contribution is -2.41. The Morgan fingerprint density at radius 3 is 2.22 bits per heavy atom. The lowest BCUT2D eigenvalue weighted by Gasteiger charge is -2.29. The molecule has 1 heterocycles. The molecule has 7 nitrogen and oxygen atoms in total. The number of carbonyl (C=O) groups is 1. The van der Waals surface area contributed by atoms with E-state index in [9.17, 15) is 13.2 Å². The largest absolute Gasteiger partial charge is 0.489 e. The van der Waals surface area contributed by atoms with Crippen molar-refractivity contribution in [1.82, 2.24) is 5.32 Å². The fraction of sp³-hybridized carbons (Fsp3) is 0.345. The molecule has 0 saturated carbocycles. The molecule has 1 atom stereocenters. The summed E-state index contributed by atoms with van der Waals surface area (Å²) in [7, 11) is -3.67. The second kappa shape index (κ2) is 12.1. The van der Waals surface area contributed by atoms with Crippen LogP contribution in [-0.2, 0) is 21.4 Å². The van der Waals surface area contributed by atoms with Crippen LogP contribution >= 0.6 is 0 Å². The molecule has 0 aliphatic carbocycles. The first kappa shape index (κ1) is 26.5. The Hall–Kier alpha value is -3.52. The van der Waals surface area contributed by atoms with Gasteiger partial charge in [-0.3, -0.25) is 9.10 Å². The maximum Gasteiger partial charge on any atom is 0.241 e. The van der Waals surface area contributed by atoms with Gasteiger partial charge in [-0.05, 0) is 73.7 Å². The molecule has 37 heavy (non-hydrogen) atoms. The van der Waals surface area contributed by atoms with Crippen LogP contribution in [0.3, 0.4) is 0 Å². The number of nitrogens with one attached hydrogen (secondary N) is 1. The molecular weight excluding hydrogens is 486 g/mol. The molecule has 0 spiro atoms.